The monoisotopic (exact) mass is 248 g/mol. The van der Waals surface area contributed by atoms with Crippen LogP contribution in [0.1, 0.15) is 17.3 Å². The van der Waals surface area contributed by atoms with Crippen LogP contribution in [0.3, 0.4) is 0 Å². The maximum atomic E-state index is 12.7. The number of ketones is 1. The Hall–Kier alpha value is -0.770. The number of hydrogen-bond acceptors (Lipinski definition) is 1. The second kappa shape index (κ2) is 3.96. The van der Waals surface area contributed by atoms with Crippen molar-refractivity contribution in [2.24, 2.45) is 0 Å². The maximum absolute atomic E-state index is 12.7. The molecule has 0 unspecified atom stereocenters. The quantitative estimate of drug-likeness (QED) is 0.581. The fourth-order valence-corrected chi connectivity index (χ4v) is 1.14. The Morgan fingerprint density at radius 3 is 2.46 bits per heavy atom. The topological polar surface area (TPSA) is 17.1 Å². The highest BCUT2D eigenvalue weighted by Crippen LogP contribution is 2.13. The van der Waals surface area contributed by atoms with Gasteiger partial charge in [0, 0.05) is 5.56 Å². The minimum atomic E-state index is -1.00. The van der Waals surface area contributed by atoms with Gasteiger partial charge in [0.2, 0.25) is 0 Å². The molecule has 13 heavy (non-hydrogen) atoms. The van der Waals surface area contributed by atoms with Crippen LogP contribution in [0.25, 0.3) is 0 Å². The van der Waals surface area contributed by atoms with Gasteiger partial charge < -0.3 is 0 Å². The van der Waals surface area contributed by atoms with Crippen LogP contribution in [0.5, 0.6) is 0 Å². The molecule has 4 heteroatoms. The van der Waals surface area contributed by atoms with Crippen LogP contribution in [0.4, 0.5) is 8.78 Å². The fraction of sp³-hybridized carbons (Fsp3) is 0.222. The second-order valence-electron chi connectivity index (χ2n) is 2.61. The summed E-state index contributed by atoms with van der Waals surface area (Å²) in [7, 11) is 0. The van der Waals surface area contributed by atoms with Gasteiger partial charge in [-0.2, -0.15) is 0 Å². The zero-order valence-corrected chi connectivity index (χ0v) is 8.44. The summed E-state index contributed by atoms with van der Waals surface area (Å²) in [4.78, 5) is 10.9. The minimum absolute atomic E-state index is 0.170. The molecular formula is C9H7BrF2O. The zero-order chi connectivity index (χ0) is 10.0. The Kier molecular flexibility index (Phi) is 3.14. The number of alkyl halides is 1. The van der Waals surface area contributed by atoms with Crippen molar-refractivity contribution >= 4 is 21.7 Å². The van der Waals surface area contributed by atoms with Crippen LogP contribution < -0.4 is 0 Å². The lowest BCUT2D eigenvalue weighted by atomic mass is 10.1. The van der Waals surface area contributed by atoms with E-state index in [4.69, 9.17) is 0 Å². The van der Waals surface area contributed by atoms with E-state index in [-0.39, 0.29) is 11.3 Å². The van der Waals surface area contributed by atoms with Crippen LogP contribution >= 0.6 is 15.9 Å². The molecule has 0 saturated carbocycles. The van der Waals surface area contributed by atoms with E-state index in [1.165, 1.54) is 6.07 Å². The first kappa shape index (κ1) is 10.3. The van der Waals surface area contributed by atoms with Gasteiger partial charge in [0.25, 0.3) is 0 Å². The molecule has 0 aromatic heterocycles. The van der Waals surface area contributed by atoms with Gasteiger partial charge in [-0.25, -0.2) is 8.78 Å². The number of rotatable bonds is 2. The van der Waals surface area contributed by atoms with Crippen LogP contribution in [-0.2, 0) is 0 Å². The van der Waals surface area contributed by atoms with Crippen molar-refractivity contribution in [1.82, 2.24) is 0 Å². The third-order valence-corrected chi connectivity index (χ3v) is 1.98. The molecule has 1 aromatic carbocycles. The van der Waals surface area contributed by atoms with Crippen LogP contribution in [0.2, 0.25) is 0 Å². The van der Waals surface area contributed by atoms with Crippen LogP contribution in [0, 0.1) is 11.6 Å². The van der Waals surface area contributed by atoms with E-state index in [0.717, 1.165) is 12.1 Å². The average molecular weight is 249 g/mol. The Bertz CT molecular complexity index is 336. The Morgan fingerprint density at radius 2 is 2.00 bits per heavy atom. The summed E-state index contributed by atoms with van der Waals surface area (Å²) >= 11 is 3.05. The number of benzene rings is 1. The molecule has 0 aliphatic rings. The van der Waals surface area contributed by atoms with Crippen molar-refractivity contribution in [1.29, 1.82) is 0 Å². The highest BCUT2D eigenvalue weighted by Gasteiger charge is 2.13. The van der Waals surface area contributed by atoms with E-state index in [9.17, 15) is 13.6 Å². The van der Waals surface area contributed by atoms with Gasteiger partial charge in [-0.15, -0.1) is 0 Å². The molecule has 0 fully saturated rings. The summed E-state index contributed by atoms with van der Waals surface area (Å²) in [6, 6.07) is 3.10. The Labute approximate surface area is 82.9 Å². The zero-order valence-electron chi connectivity index (χ0n) is 6.85. The number of carbonyl (C=O) groups is 1. The van der Waals surface area contributed by atoms with E-state index in [1.807, 2.05) is 0 Å². The largest absolute Gasteiger partial charge is 0.293 e. The van der Waals surface area contributed by atoms with Crippen molar-refractivity contribution in [3.05, 3.63) is 35.4 Å². The molecule has 0 amide bonds. The summed E-state index contributed by atoms with van der Waals surface area (Å²) in [5.74, 6) is -2.21. The van der Waals surface area contributed by atoms with Gasteiger partial charge in [-0.1, -0.05) is 15.9 Å². The number of hydrogen-bond donors (Lipinski definition) is 0. The third kappa shape index (κ3) is 2.34. The number of Topliss-reactive ketones (excluding diaryl/α,β-unsaturated/α-hetero) is 1. The highest BCUT2D eigenvalue weighted by molar-refractivity contribution is 9.10. The van der Waals surface area contributed by atoms with Crippen molar-refractivity contribution in [2.45, 2.75) is 11.8 Å². The van der Waals surface area contributed by atoms with Crippen LogP contribution in [-0.4, -0.2) is 10.6 Å². The van der Waals surface area contributed by atoms with Gasteiger partial charge in [-0.05, 0) is 25.1 Å². The Balaban J connectivity index is 3.04. The maximum Gasteiger partial charge on any atom is 0.176 e. The summed E-state index contributed by atoms with van der Waals surface area (Å²) in [5, 5.41) is 0. The molecule has 0 aliphatic carbocycles. The summed E-state index contributed by atoms with van der Waals surface area (Å²) in [6.45, 7) is 1.63. The normalized spacial score (nSPS) is 12.6. The molecule has 0 saturated heterocycles. The van der Waals surface area contributed by atoms with Gasteiger partial charge in [0.15, 0.2) is 17.4 Å². The lowest BCUT2D eigenvalue weighted by molar-refractivity contribution is 0.0995. The van der Waals surface area contributed by atoms with E-state index < -0.39 is 16.5 Å². The number of carbonyl (C=O) groups excluding carboxylic acids is 1. The van der Waals surface area contributed by atoms with E-state index in [0.29, 0.717) is 0 Å². The molecular weight excluding hydrogens is 242 g/mol. The first-order chi connectivity index (χ1) is 6.02. The molecule has 0 heterocycles. The predicted octanol–water partition coefficient (Wildman–Crippen LogP) is 2.93. The molecule has 0 spiro atoms. The standard InChI is InChI=1S/C9H7BrF2O/c1-5(10)9(13)6-2-3-7(11)8(12)4-6/h2-5H,1H3/t5-/m1/s1. The molecule has 70 valence electrons. The van der Waals surface area contributed by atoms with Crippen LogP contribution in [0.15, 0.2) is 18.2 Å². The Morgan fingerprint density at radius 1 is 1.38 bits per heavy atom. The lowest BCUT2D eigenvalue weighted by Gasteiger charge is -2.02. The van der Waals surface area contributed by atoms with Gasteiger partial charge in [-0.3, -0.25) is 4.79 Å². The van der Waals surface area contributed by atoms with Gasteiger partial charge in [0.05, 0.1) is 4.83 Å². The third-order valence-electron chi connectivity index (χ3n) is 1.57. The van der Waals surface area contributed by atoms with Crippen molar-refractivity contribution in [3.63, 3.8) is 0 Å². The molecule has 1 rings (SSSR count). The molecule has 0 N–H and O–H groups in total. The number of halogens is 3. The van der Waals surface area contributed by atoms with Crippen molar-refractivity contribution in [2.75, 3.05) is 0 Å². The SMILES string of the molecule is C[C@@H](Br)C(=O)c1ccc(F)c(F)c1. The minimum Gasteiger partial charge on any atom is -0.293 e. The fourth-order valence-electron chi connectivity index (χ4n) is 0.879. The molecule has 1 aromatic rings. The molecule has 1 nitrogen and oxygen atoms in total. The smallest absolute Gasteiger partial charge is 0.176 e. The van der Waals surface area contributed by atoms with Gasteiger partial charge >= 0.3 is 0 Å². The molecule has 1 atom stereocenters. The first-order valence-electron chi connectivity index (χ1n) is 3.65. The summed E-state index contributed by atoms with van der Waals surface area (Å²) in [6.07, 6.45) is 0. The lowest BCUT2D eigenvalue weighted by Crippen LogP contribution is -2.10. The highest BCUT2D eigenvalue weighted by atomic mass is 79.9. The van der Waals surface area contributed by atoms with E-state index in [2.05, 4.69) is 15.9 Å². The summed E-state index contributed by atoms with van der Waals surface area (Å²) in [5.41, 5.74) is 0.170. The van der Waals surface area contributed by atoms with E-state index in [1.54, 1.807) is 6.92 Å². The molecule has 0 radical (unpaired) electrons. The van der Waals surface area contributed by atoms with Crippen molar-refractivity contribution in [3.8, 4) is 0 Å². The van der Waals surface area contributed by atoms with E-state index >= 15 is 0 Å². The predicted molar refractivity (Wildman–Crippen MR) is 49.1 cm³/mol. The summed E-state index contributed by atoms with van der Waals surface area (Å²) < 4.78 is 25.1. The first-order valence-corrected chi connectivity index (χ1v) is 4.57. The van der Waals surface area contributed by atoms with Crippen molar-refractivity contribution < 1.29 is 13.6 Å². The average Bonchev–Trinajstić information content (AvgIpc) is 2.08. The molecule has 0 bridgehead atoms. The van der Waals surface area contributed by atoms with Gasteiger partial charge in [0.1, 0.15) is 0 Å². The second-order valence-corrected chi connectivity index (χ2v) is 3.98. The molecule has 0 aliphatic heterocycles.